The quantitative estimate of drug-likeness (QED) is 0.151. The van der Waals surface area contributed by atoms with Gasteiger partial charge in [0.25, 0.3) is 0 Å². The second-order valence-corrected chi connectivity index (χ2v) is 18.7. The highest BCUT2D eigenvalue weighted by molar-refractivity contribution is 6.11. The van der Waals surface area contributed by atoms with Crippen molar-refractivity contribution in [2.24, 2.45) is 0 Å². The van der Waals surface area contributed by atoms with Gasteiger partial charge in [-0.15, -0.1) is 0 Å². The fourth-order valence-electron chi connectivity index (χ4n) is 11.4. The Balaban J connectivity index is 0.943. The van der Waals surface area contributed by atoms with Gasteiger partial charge in [0.15, 0.2) is 0 Å². The van der Waals surface area contributed by atoms with E-state index in [1.807, 2.05) is 6.07 Å². The van der Waals surface area contributed by atoms with Crippen molar-refractivity contribution < 1.29 is 4.42 Å². The Kier molecular flexibility index (Phi) is 9.67. The zero-order valence-electron chi connectivity index (χ0n) is 39.0. The van der Waals surface area contributed by atoms with Crippen LogP contribution in [0.2, 0.25) is 0 Å². The molecule has 14 rings (SSSR count). The minimum absolute atomic E-state index is 0.895. The maximum atomic E-state index is 6.60. The molecule has 3 nitrogen and oxygen atoms in total. The monoisotopic (exact) mass is 906 g/mol. The molecule has 0 radical (unpaired) electrons. The zero-order chi connectivity index (χ0) is 46.8. The lowest BCUT2D eigenvalue weighted by molar-refractivity contribution is 0.670. The summed E-state index contributed by atoms with van der Waals surface area (Å²) >= 11 is 0. The summed E-state index contributed by atoms with van der Waals surface area (Å²) in [5.41, 5.74) is 20.6. The number of benzene rings is 11. The third-order valence-electron chi connectivity index (χ3n) is 14.6. The summed E-state index contributed by atoms with van der Waals surface area (Å²) in [4.78, 5) is 2.41. The highest BCUT2D eigenvalue weighted by atomic mass is 16.3. The van der Waals surface area contributed by atoms with E-state index >= 15 is 0 Å². The zero-order valence-corrected chi connectivity index (χ0v) is 39.0. The van der Waals surface area contributed by atoms with Crippen LogP contribution >= 0.6 is 0 Å². The minimum Gasteiger partial charge on any atom is -0.455 e. The molecule has 0 N–H and O–H groups in total. The van der Waals surface area contributed by atoms with Crippen LogP contribution in [0.15, 0.2) is 253 Å². The Bertz CT molecular complexity index is 4180. The van der Waals surface area contributed by atoms with Crippen LogP contribution in [0.3, 0.4) is 0 Å². The van der Waals surface area contributed by atoms with Crippen molar-refractivity contribution in [1.82, 2.24) is 4.57 Å². The summed E-state index contributed by atoms with van der Waals surface area (Å²) < 4.78 is 9.05. The third-order valence-corrected chi connectivity index (χ3v) is 14.6. The molecule has 0 saturated heterocycles. The molecule has 0 unspecified atom stereocenters. The van der Waals surface area contributed by atoms with E-state index < -0.39 is 0 Å². The van der Waals surface area contributed by atoms with Crippen molar-refractivity contribution in [2.75, 3.05) is 4.90 Å². The van der Waals surface area contributed by atoms with Crippen LogP contribution in [0.25, 0.3) is 111 Å². The molecule has 0 bridgehead atoms. The van der Waals surface area contributed by atoms with Crippen LogP contribution in [0.1, 0.15) is 17.5 Å². The maximum absolute atomic E-state index is 6.60. The number of para-hydroxylation sites is 4. The topological polar surface area (TPSA) is 21.3 Å². The van der Waals surface area contributed by atoms with Gasteiger partial charge in [-0.25, -0.2) is 0 Å². The van der Waals surface area contributed by atoms with Crippen molar-refractivity contribution in [3.05, 3.63) is 260 Å². The molecular weight excluding hydrogens is 861 g/mol. The summed E-state index contributed by atoms with van der Waals surface area (Å²) in [6.07, 6.45) is 6.70. The Morgan fingerprint density at radius 1 is 0.380 bits per heavy atom. The highest BCUT2D eigenvalue weighted by Gasteiger charge is 2.21. The number of rotatable bonds is 8. The summed E-state index contributed by atoms with van der Waals surface area (Å²) in [5, 5.41) is 7.30. The predicted octanol–water partition coefficient (Wildman–Crippen LogP) is 18.9. The van der Waals surface area contributed by atoms with Gasteiger partial charge in [-0.3, -0.25) is 0 Å². The van der Waals surface area contributed by atoms with Gasteiger partial charge < -0.3 is 13.9 Å². The van der Waals surface area contributed by atoms with Crippen molar-refractivity contribution in [3.8, 4) is 50.2 Å². The first-order valence-corrected chi connectivity index (χ1v) is 24.6. The Hall–Kier alpha value is -9.18. The lowest BCUT2D eigenvalue weighted by Crippen LogP contribution is -2.10. The van der Waals surface area contributed by atoms with E-state index in [0.29, 0.717) is 0 Å². The highest BCUT2D eigenvalue weighted by Crippen LogP contribution is 2.45. The molecule has 0 atom stereocenters. The van der Waals surface area contributed by atoms with Crippen molar-refractivity contribution in [2.45, 2.75) is 12.8 Å². The van der Waals surface area contributed by atoms with Crippen LogP contribution < -0.4 is 4.90 Å². The van der Waals surface area contributed by atoms with Gasteiger partial charge in [-0.2, -0.15) is 0 Å². The van der Waals surface area contributed by atoms with Gasteiger partial charge in [0.05, 0.1) is 16.7 Å². The molecule has 2 heterocycles. The number of hydrogen-bond donors (Lipinski definition) is 0. The van der Waals surface area contributed by atoms with E-state index in [-0.39, 0.29) is 0 Å². The Labute approximate surface area is 412 Å². The number of allylic oxidation sites excluding steroid dienone is 1. The molecule has 334 valence electrons. The van der Waals surface area contributed by atoms with Crippen LogP contribution in [-0.2, 0) is 6.42 Å². The second-order valence-electron chi connectivity index (χ2n) is 18.7. The van der Waals surface area contributed by atoms with Crippen LogP contribution in [0.5, 0.6) is 0 Å². The Morgan fingerprint density at radius 3 is 1.75 bits per heavy atom. The number of aromatic nitrogens is 1. The normalized spacial score (nSPS) is 12.3. The molecule has 1 aliphatic carbocycles. The number of furan rings is 1. The molecule has 11 aromatic carbocycles. The van der Waals surface area contributed by atoms with Gasteiger partial charge >= 0.3 is 0 Å². The number of fused-ring (bicyclic) bond motifs is 9. The van der Waals surface area contributed by atoms with Gasteiger partial charge in [-0.1, -0.05) is 188 Å². The summed E-state index contributed by atoms with van der Waals surface area (Å²) in [7, 11) is 0. The van der Waals surface area contributed by atoms with Crippen molar-refractivity contribution >= 4 is 77.7 Å². The first-order valence-electron chi connectivity index (χ1n) is 24.6. The average Bonchev–Trinajstić information content (AvgIpc) is 4.00. The number of hydrogen-bond acceptors (Lipinski definition) is 2. The summed E-state index contributed by atoms with van der Waals surface area (Å²) in [6, 6.07) is 88.4. The van der Waals surface area contributed by atoms with Crippen molar-refractivity contribution in [3.63, 3.8) is 0 Å². The lowest BCUT2D eigenvalue weighted by Gasteiger charge is -2.27. The smallest absolute Gasteiger partial charge is 0.143 e. The van der Waals surface area contributed by atoms with Gasteiger partial charge in [-0.05, 0) is 135 Å². The molecule has 0 spiro atoms. The van der Waals surface area contributed by atoms with Gasteiger partial charge in [0.1, 0.15) is 11.2 Å². The van der Waals surface area contributed by atoms with Gasteiger partial charge in [0, 0.05) is 49.7 Å². The number of nitrogens with zero attached hydrogens (tertiary/aromatic N) is 2. The van der Waals surface area contributed by atoms with E-state index in [0.717, 1.165) is 79.8 Å². The van der Waals surface area contributed by atoms with Crippen LogP contribution in [-0.4, -0.2) is 4.57 Å². The second kappa shape index (κ2) is 16.8. The van der Waals surface area contributed by atoms with Gasteiger partial charge in [0.2, 0.25) is 0 Å². The minimum atomic E-state index is 0.895. The third kappa shape index (κ3) is 6.89. The van der Waals surface area contributed by atoms with Crippen LogP contribution in [0, 0.1) is 0 Å². The Morgan fingerprint density at radius 2 is 0.986 bits per heavy atom. The first-order chi connectivity index (χ1) is 35.2. The SMILES string of the molecule is C1=Cc2c(c(-c3cccc(N(c4ccc(-c5ccc(-c6ccccc6)cc5-n5c6ccccc6c6ccccc65)cc4)c4cccc(-c5cccc6c5oc5ccccc56)c4)c3)cc3ccccc23)CC1. The van der Waals surface area contributed by atoms with E-state index in [4.69, 9.17) is 4.42 Å². The van der Waals surface area contributed by atoms with E-state index in [9.17, 15) is 0 Å². The standard InChI is InChI=1S/C68H46N2O/c1-2-17-45(18-3-1)47-37-40-55(66(44-47)70-64-32-11-8-27-59(64)60-28-9-12-33-65(60)70)46-35-38-51(39-36-46)69(52-22-14-20-48(41-52)56-30-16-31-62-61-29-10-13-34-67(61)71-68(56)62)53-23-15-21-49(42-53)63-43-50-19-4-5-24-54(50)57-25-6-7-26-58(57)63/h1-6,8-25,27-44H,7,26H2. The molecule has 2 aromatic heterocycles. The van der Waals surface area contributed by atoms with Crippen LogP contribution in [0.4, 0.5) is 17.1 Å². The summed E-state index contributed by atoms with van der Waals surface area (Å²) in [5.74, 6) is 0. The molecule has 71 heavy (non-hydrogen) atoms. The molecule has 1 aliphatic rings. The largest absolute Gasteiger partial charge is 0.455 e. The van der Waals surface area contributed by atoms with E-state index in [1.165, 1.54) is 66.0 Å². The molecular formula is C68H46N2O. The van der Waals surface area contributed by atoms with E-state index in [2.05, 4.69) is 258 Å². The first kappa shape index (κ1) is 40.8. The fourth-order valence-corrected chi connectivity index (χ4v) is 11.4. The maximum Gasteiger partial charge on any atom is 0.143 e. The summed E-state index contributed by atoms with van der Waals surface area (Å²) in [6.45, 7) is 0. The van der Waals surface area contributed by atoms with Crippen molar-refractivity contribution in [1.29, 1.82) is 0 Å². The predicted molar refractivity (Wildman–Crippen MR) is 299 cm³/mol. The fraction of sp³-hybridized carbons (Fsp3) is 0.0294. The molecule has 13 aromatic rings. The molecule has 3 heteroatoms. The molecule has 0 fully saturated rings. The van der Waals surface area contributed by atoms with E-state index in [1.54, 1.807) is 0 Å². The average molecular weight is 907 g/mol. The lowest BCUT2D eigenvalue weighted by atomic mass is 9.85. The molecule has 0 saturated carbocycles. The molecule has 0 amide bonds. The number of anilines is 3. The molecule has 0 aliphatic heterocycles.